The topological polar surface area (TPSA) is 58.5 Å². The predicted octanol–water partition coefficient (Wildman–Crippen LogP) is 6.32. The fourth-order valence-corrected chi connectivity index (χ4v) is 3.88. The van der Waals surface area contributed by atoms with Gasteiger partial charge in [-0.25, -0.2) is 4.99 Å². The van der Waals surface area contributed by atoms with Gasteiger partial charge >= 0.3 is 0 Å². The van der Waals surface area contributed by atoms with Crippen LogP contribution in [0.4, 0.5) is 5.69 Å². The number of anilines is 1. The van der Waals surface area contributed by atoms with Gasteiger partial charge < -0.3 is 10.1 Å². The molecule has 1 unspecified atom stereocenters. The van der Waals surface area contributed by atoms with Gasteiger partial charge in [-0.3, -0.25) is 9.71 Å². The molecule has 0 bridgehead atoms. The van der Waals surface area contributed by atoms with Gasteiger partial charge in [-0.1, -0.05) is 41.4 Å². The number of hydrogen-bond acceptors (Lipinski definition) is 4. The molecule has 0 spiro atoms. The van der Waals surface area contributed by atoms with Crippen molar-refractivity contribution in [1.29, 1.82) is 0 Å². The van der Waals surface area contributed by atoms with Crippen molar-refractivity contribution in [3.8, 4) is 11.5 Å². The minimum atomic E-state index is -0.220. The Morgan fingerprint density at radius 2 is 1.79 bits per heavy atom. The molecule has 2 aromatic carbocycles. The molecule has 1 aliphatic rings. The highest BCUT2D eigenvalue weighted by Crippen LogP contribution is 2.40. The van der Waals surface area contributed by atoms with E-state index in [9.17, 15) is 0 Å². The summed E-state index contributed by atoms with van der Waals surface area (Å²) >= 11 is 13.9. The number of aromatic nitrogens is 1. The van der Waals surface area contributed by atoms with Crippen molar-refractivity contribution in [3.05, 3.63) is 76.5 Å². The molecule has 142 valence electrons. The third kappa shape index (κ3) is 4.04. The summed E-state index contributed by atoms with van der Waals surface area (Å²) in [4.78, 5) is 10.00. The van der Waals surface area contributed by atoms with Gasteiger partial charge in [0.1, 0.15) is 5.75 Å². The number of aliphatic imine (C=N–C) groups is 1. The molecule has 28 heavy (non-hydrogen) atoms. The van der Waals surface area contributed by atoms with E-state index in [0.717, 1.165) is 16.3 Å². The molecular formula is C20H16Cl2N4OS. The van der Waals surface area contributed by atoms with Crippen LogP contribution in [0.25, 0.3) is 0 Å². The maximum Gasteiger partial charge on any atom is 0.207 e. The molecule has 1 aliphatic heterocycles. The van der Waals surface area contributed by atoms with E-state index in [1.807, 2.05) is 49.4 Å². The Morgan fingerprint density at radius 1 is 1.00 bits per heavy atom. The first-order valence-electron chi connectivity index (χ1n) is 8.55. The zero-order chi connectivity index (χ0) is 19.5. The number of nitrogens with one attached hydrogen (secondary N) is 2. The number of para-hydroxylation sites is 2. The summed E-state index contributed by atoms with van der Waals surface area (Å²) in [5, 5.41) is 4.44. The smallest absolute Gasteiger partial charge is 0.207 e. The molecule has 0 saturated heterocycles. The molecule has 4 rings (SSSR count). The summed E-state index contributed by atoms with van der Waals surface area (Å²) in [5.41, 5.74) is 1.54. The summed E-state index contributed by atoms with van der Waals surface area (Å²) in [6.07, 6.45) is 1.71. The molecule has 0 radical (unpaired) electrons. The van der Waals surface area contributed by atoms with E-state index in [1.165, 1.54) is 11.9 Å². The average molecular weight is 431 g/mol. The van der Waals surface area contributed by atoms with Crippen LogP contribution in [0.2, 0.25) is 10.0 Å². The van der Waals surface area contributed by atoms with Crippen LogP contribution >= 0.6 is 35.1 Å². The van der Waals surface area contributed by atoms with E-state index < -0.39 is 0 Å². The number of hydrogen-bond donors (Lipinski definition) is 2. The first-order chi connectivity index (χ1) is 13.6. The summed E-state index contributed by atoms with van der Waals surface area (Å²) in [6, 6.07) is 16.6. The van der Waals surface area contributed by atoms with Gasteiger partial charge in [-0.2, -0.15) is 0 Å². The van der Waals surface area contributed by atoms with Crippen molar-refractivity contribution in [1.82, 2.24) is 9.71 Å². The van der Waals surface area contributed by atoms with Crippen LogP contribution < -0.4 is 14.8 Å². The molecule has 0 aliphatic carbocycles. The summed E-state index contributed by atoms with van der Waals surface area (Å²) in [7, 11) is 0. The van der Waals surface area contributed by atoms with Crippen LogP contribution in [0.1, 0.15) is 18.7 Å². The lowest BCUT2D eigenvalue weighted by Crippen LogP contribution is -2.30. The number of fused-ring (bicyclic) bond motifs is 1. The van der Waals surface area contributed by atoms with Crippen molar-refractivity contribution in [2.24, 2.45) is 4.99 Å². The SMILES string of the molecule is CC(N=C1NSc2cccc(Oc3ccccc3Cl)c2N1)c1ncccc1Cl. The monoisotopic (exact) mass is 430 g/mol. The molecule has 8 heteroatoms. The number of halogens is 2. The van der Waals surface area contributed by atoms with Crippen LogP contribution in [0.5, 0.6) is 11.5 Å². The van der Waals surface area contributed by atoms with Crippen molar-refractivity contribution >= 4 is 46.8 Å². The molecule has 5 nitrogen and oxygen atoms in total. The standard InChI is InChI=1S/C20H16Cl2N4OS/c1-12(18-14(22)7-5-11-23-18)24-20-25-19-16(9-4-10-17(19)28-26-20)27-15-8-3-2-6-13(15)21/h2-12H,1H3,(H2,24,25,26). The molecule has 2 heterocycles. The molecule has 1 aromatic heterocycles. The van der Waals surface area contributed by atoms with E-state index >= 15 is 0 Å². The number of guanidine groups is 1. The van der Waals surface area contributed by atoms with Crippen LogP contribution in [0.15, 0.2) is 70.7 Å². The Kier molecular flexibility index (Phi) is 5.62. The number of nitrogens with zero attached hydrogens (tertiary/aromatic N) is 2. The first kappa shape index (κ1) is 18.9. The molecule has 0 fully saturated rings. The van der Waals surface area contributed by atoms with Gasteiger partial charge in [0.05, 0.1) is 32.4 Å². The minimum Gasteiger partial charge on any atom is -0.454 e. The maximum absolute atomic E-state index is 6.24. The zero-order valence-electron chi connectivity index (χ0n) is 14.8. The average Bonchev–Trinajstić information content (AvgIpc) is 2.70. The highest BCUT2D eigenvalue weighted by Gasteiger charge is 2.20. The van der Waals surface area contributed by atoms with Crippen molar-refractivity contribution in [2.45, 2.75) is 17.9 Å². The fourth-order valence-electron chi connectivity index (χ4n) is 2.72. The van der Waals surface area contributed by atoms with E-state index in [4.69, 9.17) is 27.9 Å². The van der Waals surface area contributed by atoms with Crippen LogP contribution in [-0.4, -0.2) is 10.9 Å². The third-order valence-corrected chi connectivity index (χ3v) is 5.54. The molecule has 1 atom stereocenters. The summed E-state index contributed by atoms with van der Waals surface area (Å²) in [6.45, 7) is 1.94. The van der Waals surface area contributed by atoms with Crippen LogP contribution in [0, 0.1) is 0 Å². The van der Waals surface area contributed by atoms with E-state index in [2.05, 4.69) is 20.0 Å². The third-order valence-electron chi connectivity index (χ3n) is 4.05. The molecule has 3 aromatic rings. The number of ether oxygens (including phenoxy) is 1. The fraction of sp³-hybridized carbons (Fsp3) is 0.100. The van der Waals surface area contributed by atoms with Gasteiger partial charge in [0.2, 0.25) is 5.96 Å². The van der Waals surface area contributed by atoms with E-state index in [0.29, 0.717) is 27.5 Å². The summed E-state index contributed by atoms with van der Waals surface area (Å²) < 4.78 is 9.24. The Hall–Kier alpha value is -2.41. The predicted molar refractivity (Wildman–Crippen MR) is 116 cm³/mol. The zero-order valence-corrected chi connectivity index (χ0v) is 17.1. The maximum atomic E-state index is 6.24. The Labute approximate surface area is 177 Å². The first-order valence-corrected chi connectivity index (χ1v) is 10.1. The van der Waals surface area contributed by atoms with Crippen LogP contribution in [-0.2, 0) is 0 Å². The largest absolute Gasteiger partial charge is 0.454 e. The lowest BCUT2D eigenvalue weighted by Gasteiger charge is -2.23. The second-order valence-corrected chi connectivity index (χ2v) is 7.68. The Balaban J connectivity index is 1.61. The quantitative estimate of drug-likeness (QED) is 0.474. The number of benzene rings is 2. The Morgan fingerprint density at radius 3 is 2.61 bits per heavy atom. The Bertz CT molecular complexity index is 1040. The lowest BCUT2D eigenvalue weighted by molar-refractivity contribution is 0.484. The molecule has 2 N–H and O–H groups in total. The number of pyridine rings is 1. The molecular weight excluding hydrogens is 415 g/mol. The normalized spacial score (nSPS) is 15.3. The highest BCUT2D eigenvalue weighted by atomic mass is 35.5. The van der Waals surface area contributed by atoms with Gasteiger partial charge in [0, 0.05) is 6.20 Å². The second kappa shape index (κ2) is 8.31. The van der Waals surface area contributed by atoms with Crippen LogP contribution in [0.3, 0.4) is 0 Å². The summed E-state index contributed by atoms with van der Waals surface area (Å²) in [5.74, 6) is 1.85. The van der Waals surface area contributed by atoms with Gasteiger partial charge in [0.15, 0.2) is 5.75 Å². The highest BCUT2D eigenvalue weighted by molar-refractivity contribution is 7.98. The van der Waals surface area contributed by atoms with E-state index in [1.54, 1.807) is 18.3 Å². The van der Waals surface area contributed by atoms with Crippen molar-refractivity contribution in [3.63, 3.8) is 0 Å². The van der Waals surface area contributed by atoms with Gasteiger partial charge in [0.25, 0.3) is 0 Å². The molecule has 0 saturated carbocycles. The van der Waals surface area contributed by atoms with Gasteiger partial charge in [-0.15, -0.1) is 0 Å². The van der Waals surface area contributed by atoms with Crippen molar-refractivity contribution < 1.29 is 4.74 Å². The second-order valence-electron chi connectivity index (χ2n) is 6.02. The van der Waals surface area contributed by atoms with Crippen molar-refractivity contribution in [2.75, 3.05) is 5.32 Å². The van der Waals surface area contributed by atoms with E-state index in [-0.39, 0.29) is 6.04 Å². The lowest BCUT2D eigenvalue weighted by atomic mass is 10.2. The number of rotatable bonds is 4. The van der Waals surface area contributed by atoms with Gasteiger partial charge in [-0.05, 0) is 55.3 Å². The minimum absolute atomic E-state index is 0.220. The molecule has 0 amide bonds.